The SMILES string of the molecule is CC[C@H](B(OC)[C@@H](CC)[Si](C)(C)C)[Si](C)(C)C. The van der Waals surface area contributed by atoms with E-state index in [4.69, 9.17) is 4.65 Å². The summed E-state index contributed by atoms with van der Waals surface area (Å²) < 4.78 is 5.98. The molecule has 102 valence electrons. The third-order valence-corrected chi connectivity index (χ3v) is 10.1. The van der Waals surface area contributed by atoms with Gasteiger partial charge in [0.2, 0.25) is 0 Å². The Morgan fingerprint density at radius 2 is 1.12 bits per heavy atom. The van der Waals surface area contributed by atoms with Crippen LogP contribution in [0.1, 0.15) is 26.7 Å². The molecule has 0 amide bonds. The maximum Gasteiger partial charge on any atom is 0.293 e. The summed E-state index contributed by atoms with van der Waals surface area (Å²) in [5, 5.41) is 0. The van der Waals surface area contributed by atoms with Crippen LogP contribution in [0.2, 0.25) is 50.2 Å². The van der Waals surface area contributed by atoms with Gasteiger partial charge in [0.15, 0.2) is 0 Å². The quantitative estimate of drug-likeness (QED) is 0.596. The molecular weight excluding hydrogens is 239 g/mol. The number of hydrogen-bond acceptors (Lipinski definition) is 1. The molecule has 2 atom stereocenters. The second-order valence-corrected chi connectivity index (χ2v) is 18.4. The van der Waals surface area contributed by atoms with Crippen LogP contribution in [-0.2, 0) is 4.65 Å². The van der Waals surface area contributed by atoms with E-state index in [9.17, 15) is 0 Å². The van der Waals surface area contributed by atoms with Gasteiger partial charge in [-0.25, -0.2) is 0 Å². The van der Waals surface area contributed by atoms with Crippen molar-refractivity contribution in [2.24, 2.45) is 0 Å². The van der Waals surface area contributed by atoms with Crippen LogP contribution in [-0.4, -0.2) is 30.2 Å². The van der Waals surface area contributed by atoms with E-state index in [-0.39, 0.29) is 0 Å². The normalized spacial score (nSPS) is 16.8. The van der Waals surface area contributed by atoms with Gasteiger partial charge in [-0.3, -0.25) is 0 Å². The van der Waals surface area contributed by atoms with E-state index in [1.165, 1.54) is 12.8 Å². The third-order valence-electron chi connectivity index (χ3n) is 4.17. The third kappa shape index (κ3) is 4.91. The van der Waals surface area contributed by atoms with Crippen LogP contribution in [0.15, 0.2) is 0 Å². The first-order valence-corrected chi connectivity index (χ1v) is 14.3. The highest BCUT2D eigenvalue weighted by Crippen LogP contribution is 2.39. The average molecular weight is 272 g/mol. The van der Waals surface area contributed by atoms with Gasteiger partial charge in [-0.05, 0) is 10.9 Å². The van der Waals surface area contributed by atoms with Crippen LogP contribution in [0.5, 0.6) is 0 Å². The minimum atomic E-state index is -1.13. The summed E-state index contributed by atoms with van der Waals surface area (Å²) in [4.78, 5) is 0. The molecule has 0 saturated heterocycles. The molecule has 17 heavy (non-hydrogen) atoms. The Kier molecular flexibility index (Phi) is 6.75. The molecule has 0 aromatic heterocycles. The van der Waals surface area contributed by atoms with Crippen LogP contribution in [0.3, 0.4) is 0 Å². The predicted octanol–water partition coefficient (Wildman–Crippen LogP) is 4.94. The monoisotopic (exact) mass is 272 g/mol. The lowest BCUT2D eigenvalue weighted by atomic mass is 9.58. The molecule has 0 spiro atoms. The molecule has 0 N–H and O–H groups in total. The first-order valence-electron chi connectivity index (χ1n) is 7.12. The van der Waals surface area contributed by atoms with Crippen molar-refractivity contribution in [2.45, 2.75) is 76.9 Å². The molecule has 0 rings (SSSR count). The first kappa shape index (κ1) is 17.5. The van der Waals surface area contributed by atoms with Crippen molar-refractivity contribution in [1.29, 1.82) is 0 Å². The van der Waals surface area contributed by atoms with E-state index in [2.05, 4.69) is 53.1 Å². The summed E-state index contributed by atoms with van der Waals surface area (Å²) in [5.74, 6) is 0. The van der Waals surface area contributed by atoms with Crippen molar-refractivity contribution < 1.29 is 4.65 Å². The van der Waals surface area contributed by atoms with Crippen molar-refractivity contribution in [1.82, 2.24) is 0 Å². The van der Waals surface area contributed by atoms with E-state index < -0.39 is 16.1 Å². The van der Waals surface area contributed by atoms with Crippen molar-refractivity contribution in [3.8, 4) is 0 Å². The maximum absolute atomic E-state index is 5.98. The standard InChI is InChI=1S/C13H33BOSi2/c1-10-12(16(4,5)6)14(15-3)13(11-2)17(7,8)9/h12-13H,10-11H2,1-9H3/t12-,13-/m1/s1. The summed E-state index contributed by atoms with van der Waals surface area (Å²) in [6.07, 6.45) is 2.55. The Morgan fingerprint density at radius 3 is 1.24 bits per heavy atom. The van der Waals surface area contributed by atoms with Gasteiger partial charge in [-0.15, -0.1) is 0 Å². The highest BCUT2D eigenvalue weighted by molar-refractivity contribution is 6.95. The molecule has 0 aromatic carbocycles. The fourth-order valence-corrected chi connectivity index (χ4v) is 8.63. The molecule has 4 heteroatoms. The minimum Gasteiger partial charge on any atom is -0.439 e. The summed E-state index contributed by atoms with van der Waals surface area (Å²) in [5.41, 5.74) is 1.59. The van der Waals surface area contributed by atoms with Crippen molar-refractivity contribution in [3.63, 3.8) is 0 Å². The lowest BCUT2D eigenvalue weighted by Crippen LogP contribution is -2.48. The molecule has 0 fully saturated rings. The van der Waals surface area contributed by atoms with Crippen LogP contribution >= 0.6 is 0 Å². The van der Waals surface area contributed by atoms with Gasteiger partial charge in [-0.2, -0.15) is 0 Å². The molecule has 0 bridgehead atoms. The molecule has 0 aliphatic rings. The molecule has 0 aromatic rings. The summed E-state index contributed by atoms with van der Waals surface area (Å²) >= 11 is 0. The Morgan fingerprint density at radius 1 is 0.824 bits per heavy atom. The van der Waals surface area contributed by atoms with Gasteiger partial charge in [0, 0.05) is 23.3 Å². The molecule has 0 unspecified atom stereocenters. The maximum atomic E-state index is 5.98. The summed E-state index contributed by atoms with van der Waals surface area (Å²) in [6, 6.07) is 0. The minimum absolute atomic E-state index is 0.489. The fraction of sp³-hybridized carbons (Fsp3) is 1.00. The Hall–Kier alpha value is 0.459. The van der Waals surface area contributed by atoms with Crippen LogP contribution in [0, 0.1) is 0 Å². The van der Waals surface area contributed by atoms with E-state index in [0.29, 0.717) is 6.92 Å². The van der Waals surface area contributed by atoms with Crippen molar-refractivity contribution >= 4 is 23.1 Å². The van der Waals surface area contributed by atoms with Crippen LogP contribution in [0.4, 0.5) is 0 Å². The molecule has 1 nitrogen and oxygen atoms in total. The van der Waals surface area contributed by atoms with Gasteiger partial charge in [0.1, 0.15) is 0 Å². The second kappa shape index (κ2) is 6.57. The van der Waals surface area contributed by atoms with Crippen molar-refractivity contribution in [2.75, 3.05) is 7.11 Å². The molecule has 0 aliphatic heterocycles. The summed E-state index contributed by atoms with van der Waals surface area (Å²) in [7, 11) is -0.336. The second-order valence-electron chi connectivity index (χ2n) is 7.46. The zero-order valence-corrected chi connectivity index (χ0v) is 15.6. The zero-order valence-electron chi connectivity index (χ0n) is 13.6. The van der Waals surface area contributed by atoms with Gasteiger partial charge in [-0.1, -0.05) is 66.0 Å². The Bertz CT molecular complexity index is 198. The lowest BCUT2D eigenvalue weighted by molar-refractivity contribution is 0.406. The van der Waals surface area contributed by atoms with Gasteiger partial charge >= 0.3 is 0 Å². The highest BCUT2D eigenvalue weighted by atomic mass is 28.3. The molecular formula is C13H33BOSi2. The van der Waals surface area contributed by atoms with Gasteiger partial charge < -0.3 is 4.65 Å². The molecule has 0 aliphatic carbocycles. The topological polar surface area (TPSA) is 9.23 Å². The largest absolute Gasteiger partial charge is 0.439 e. The molecule has 0 heterocycles. The first-order chi connectivity index (χ1) is 7.59. The van der Waals surface area contributed by atoms with E-state index in [1.807, 2.05) is 7.11 Å². The Labute approximate surface area is 112 Å². The van der Waals surface area contributed by atoms with E-state index in [1.54, 1.807) is 0 Å². The highest BCUT2D eigenvalue weighted by Gasteiger charge is 2.44. The number of hydrogen-bond donors (Lipinski definition) is 0. The lowest BCUT2D eigenvalue weighted by Gasteiger charge is -2.40. The zero-order chi connectivity index (χ0) is 13.9. The van der Waals surface area contributed by atoms with Crippen molar-refractivity contribution in [3.05, 3.63) is 0 Å². The molecule has 0 saturated carbocycles. The van der Waals surface area contributed by atoms with Crippen LogP contribution < -0.4 is 0 Å². The van der Waals surface area contributed by atoms with E-state index in [0.717, 1.165) is 10.9 Å². The van der Waals surface area contributed by atoms with E-state index >= 15 is 0 Å². The average Bonchev–Trinajstić information content (AvgIpc) is 2.13. The van der Waals surface area contributed by atoms with Crippen LogP contribution in [0.25, 0.3) is 0 Å². The number of rotatable bonds is 7. The predicted molar refractivity (Wildman–Crippen MR) is 87.5 cm³/mol. The Balaban J connectivity index is 5.15. The van der Waals surface area contributed by atoms with Gasteiger partial charge in [0.25, 0.3) is 6.92 Å². The van der Waals surface area contributed by atoms with Gasteiger partial charge in [0.05, 0.1) is 0 Å². The smallest absolute Gasteiger partial charge is 0.293 e. The molecule has 0 radical (unpaired) electrons. The fourth-order valence-electron chi connectivity index (χ4n) is 3.28. The summed E-state index contributed by atoms with van der Waals surface area (Å²) in [6.45, 7) is 20.1.